The second-order valence-corrected chi connectivity index (χ2v) is 7.53. The van der Waals surface area contributed by atoms with E-state index in [1.165, 1.54) is 19.3 Å². The molecule has 0 saturated heterocycles. The van der Waals surface area contributed by atoms with Crippen LogP contribution in [0.25, 0.3) is 0 Å². The van der Waals surface area contributed by atoms with Crippen LogP contribution in [0.3, 0.4) is 0 Å². The van der Waals surface area contributed by atoms with Crippen LogP contribution in [0, 0.1) is 0 Å². The van der Waals surface area contributed by atoms with Gasteiger partial charge in [0.2, 0.25) is 0 Å². The number of nitrogens with one attached hydrogen (secondary N) is 1. The van der Waals surface area contributed by atoms with E-state index in [1.807, 2.05) is 20.8 Å². The number of alkyl carbamates (subject to hydrolysis) is 1. The Labute approximate surface area is 116 Å². The van der Waals surface area contributed by atoms with Gasteiger partial charge in [-0.1, -0.05) is 0 Å². The standard InChI is InChI=1S/C15H28N2O2/c1-13(2,3)19-12(18)16-14-6-9-15(10-7-14,11-8-14)17(4)5/h6-11H2,1-5H3,(H,16,18). The van der Waals surface area contributed by atoms with E-state index in [0.717, 1.165) is 19.3 Å². The van der Waals surface area contributed by atoms with Crippen LogP contribution >= 0.6 is 0 Å². The molecule has 3 aliphatic carbocycles. The Hall–Kier alpha value is -0.770. The molecule has 0 radical (unpaired) electrons. The molecule has 1 amide bonds. The summed E-state index contributed by atoms with van der Waals surface area (Å²) in [5.41, 5.74) is -0.0606. The van der Waals surface area contributed by atoms with Crippen molar-refractivity contribution in [3.8, 4) is 0 Å². The van der Waals surface area contributed by atoms with Crippen LogP contribution < -0.4 is 5.32 Å². The molecule has 3 saturated carbocycles. The smallest absolute Gasteiger partial charge is 0.408 e. The third kappa shape index (κ3) is 3.04. The Morgan fingerprint density at radius 3 is 1.89 bits per heavy atom. The molecule has 19 heavy (non-hydrogen) atoms. The maximum absolute atomic E-state index is 12.0. The van der Waals surface area contributed by atoms with Crippen molar-refractivity contribution in [3.05, 3.63) is 0 Å². The Bertz CT molecular complexity index is 333. The maximum Gasteiger partial charge on any atom is 0.408 e. The zero-order valence-electron chi connectivity index (χ0n) is 13.0. The van der Waals surface area contributed by atoms with E-state index >= 15 is 0 Å². The monoisotopic (exact) mass is 268 g/mol. The molecule has 0 unspecified atom stereocenters. The molecule has 3 rings (SSSR count). The molecule has 0 spiro atoms. The van der Waals surface area contributed by atoms with Crippen molar-refractivity contribution < 1.29 is 9.53 Å². The van der Waals surface area contributed by atoms with Crippen molar-refractivity contribution in [1.82, 2.24) is 10.2 Å². The predicted octanol–water partition coefficient (Wildman–Crippen LogP) is 2.92. The van der Waals surface area contributed by atoms with Crippen LogP contribution in [-0.2, 0) is 4.74 Å². The topological polar surface area (TPSA) is 41.6 Å². The van der Waals surface area contributed by atoms with Crippen molar-refractivity contribution in [2.75, 3.05) is 14.1 Å². The Balaban J connectivity index is 1.95. The highest BCUT2D eigenvalue weighted by Gasteiger charge is 2.50. The third-order valence-electron chi connectivity index (χ3n) is 4.92. The van der Waals surface area contributed by atoms with E-state index in [9.17, 15) is 4.79 Å². The lowest BCUT2D eigenvalue weighted by Crippen LogP contribution is -2.62. The van der Waals surface area contributed by atoms with Crippen LogP contribution in [0.2, 0.25) is 0 Å². The summed E-state index contributed by atoms with van der Waals surface area (Å²) in [6.07, 6.45) is 6.49. The van der Waals surface area contributed by atoms with Gasteiger partial charge in [-0.2, -0.15) is 0 Å². The van der Waals surface area contributed by atoms with Gasteiger partial charge in [-0.15, -0.1) is 0 Å². The zero-order valence-corrected chi connectivity index (χ0v) is 13.0. The second kappa shape index (κ2) is 4.65. The van der Waals surface area contributed by atoms with Gasteiger partial charge in [0, 0.05) is 11.1 Å². The van der Waals surface area contributed by atoms with Gasteiger partial charge < -0.3 is 15.0 Å². The first-order valence-corrected chi connectivity index (χ1v) is 7.35. The van der Waals surface area contributed by atoms with Crippen molar-refractivity contribution in [1.29, 1.82) is 0 Å². The summed E-state index contributed by atoms with van der Waals surface area (Å²) in [7, 11) is 4.36. The van der Waals surface area contributed by atoms with Crippen LogP contribution in [0.4, 0.5) is 4.79 Å². The van der Waals surface area contributed by atoms with Crippen molar-refractivity contribution >= 4 is 6.09 Å². The van der Waals surface area contributed by atoms with Crippen molar-refractivity contribution in [2.45, 2.75) is 76.0 Å². The number of carbonyl (C=O) groups is 1. The molecule has 2 bridgehead atoms. The molecule has 110 valence electrons. The van der Waals surface area contributed by atoms with Crippen LogP contribution in [0.1, 0.15) is 59.3 Å². The van der Waals surface area contributed by atoms with Gasteiger partial charge in [-0.25, -0.2) is 4.79 Å². The minimum Gasteiger partial charge on any atom is -0.444 e. The summed E-state index contributed by atoms with van der Waals surface area (Å²) < 4.78 is 5.40. The molecule has 0 aromatic carbocycles. The number of fused-ring (bicyclic) bond motifs is 3. The van der Waals surface area contributed by atoms with Gasteiger partial charge in [0.05, 0.1) is 0 Å². The molecule has 0 aromatic rings. The maximum atomic E-state index is 12.0. The van der Waals surface area contributed by atoms with Gasteiger partial charge in [-0.05, 0) is 73.4 Å². The van der Waals surface area contributed by atoms with E-state index in [4.69, 9.17) is 4.74 Å². The first kappa shape index (κ1) is 14.6. The van der Waals surface area contributed by atoms with Crippen LogP contribution in [0.5, 0.6) is 0 Å². The summed E-state index contributed by atoms with van der Waals surface area (Å²) in [5, 5.41) is 3.15. The van der Waals surface area contributed by atoms with E-state index in [2.05, 4.69) is 24.3 Å². The van der Waals surface area contributed by atoms with E-state index in [-0.39, 0.29) is 11.6 Å². The molecule has 1 N–H and O–H groups in total. The van der Waals surface area contributed by atoms with Gasteiger partial charge in [0.15, 0.2) is 0 Å². The fourth-order valence-electron chi connectivity index (χ4n) is 3.54. The Kier molecular flexibility index (Phi) is 3.58. The third-order valence-corrected chi connectivity index (χ3v) is 4.92. The molecule has 4 nitrogen and oxygen atoms in total. The minimum absolute atomic E-state index is 0.0138. The van der Waals surface area contributed by atoms with E-state index in [0.29, 0.717) is 5.54 Å². The number of amides is 1. The first-order chi connectivity index (χ1) is 8.67. The molecule has 4 heteroatoms. The largest absolute Gasteiger partial charge is 0.444 e. The summed E-state index contributed by atoms with van der Waals surface area (Å²) in [6, 6.07) is 0. The molecule has 3 aliphatic rings. The molecule has 3 fully saturated rings. The van der Waals surface area contributed by atoms with Crippen molar-refractivity contribution in [3.63, 3.8) is 0 Å². The fourth-order valence-corrected chi connectivity index (χ4v) is 3.54. The van der Waals surface area contributed by atoms with Gasteiger partial charge in [-0.3, -0.25) is 0 Å². The predicted molar refractivity (Wildman–Crippen MR) is 76.2 cm³/mol. The summed E-state index contributed by atoms with van der Waals surface area (Å²) >= 11 is 0. The van der Waals surface area contributed by atoms with Crippen molar-refractivity contribution in [2.24, 2.45) is 0 Å². The minimum atomic E-state index is -0.419. The molecule has 0 atom stereocenters. The summed E-state index contributed by atoms with van der Waals surface area (Å²) in [4.78, 5) is 14.4. The zero-order chi connectivity index (χ0) is 14.3. The lowest BCUT2D eigenvalue weighted by Gasteiger charge is -2.56. The Morgan fingerprint density at radius 1 is 1.05 bits per heavy atom. The van der Waals surface area contributed by atoms with Gasteiger partial charge in [0.25, 0.3) is 0 Å². The number of nitrogens with zero attached hydrogens (tertiary/aromatic N) is 1. The number of rotatable bonds is 2. The normalized spacial score (nSPS) is 34.4. The summed E-state index contributed by atoms with van der Waals surface area (Å²) in [6.45, 7) is 5.72. The van der Waals surface area contributed by atoms with Crippen LogP contribution in [-0.4, -0.2) is 41.8 Å². The number of ether oxygens (including phenoxy) is 1. The fraction of sp³-hybridized carbons (Fsp3) is 0.933. The lowest BCUT2D eigenvalue weighted by molar-refractivity contribution is -0.0148. The number of hydrogen-bond donors (Lipinski definition) is 1. The molecule has 0 aromatic heterocycles. The number of carbonyl (C=O) groups excluding carboxylic acids is 1. The first-order valence-electron chi connectivity index (χ1n) is 7.35. The highest BCUT2D eigenvalue weighted by Crippen LogP contribution is 2.49. The SMILES string of the molecule is CN(C)C12CCC(NC(=O)OC(C)(C)C)(CC1)CC2. The summed E-state index contributed by atoms with van der Waals surface area (Å²) in [5.74, 6) is 0. The molecular weight excluding hydrogens is 240 g/mol. The molecular formula is C15H28N2O2. The second-order valence-electron chi connectivity index (χ2n) is 7.53. The van der Waals surface area contributed by atoms with Gasteiger partial charge in [0.1, 0.15) is 5.60 Å². The molecule has 0 aliphatic heterocycles. The molecule has 0 heterocycles. The van der Waals surface area contributed by atoms with E-state index < -0.39 is 5.60 Å². The Morgan fingerprint density at radius 2 is 1.53 bits per heavy atom. The van der Waals surface area contributed by atoms with Gasteiger partial charge >= 0.3 is 6.09 Å². The number of hydrogen-bond acceptors (Lipinski definition) is 3. The average Bonchev–Trinajstić information content (AvgIpc) is 2.27. The van der Waals surface area contributed by atoms with E-state index in [1.54, 1.807) is 0 Å². The highest BCUT2D eigenvalue weighted by molar-refractivity contribution is 5.69. The quantitative estimate of drug-likeness (QED) is 0.837. The van der Waals surface area contributed by atoms with Crippen LogP contribution in [0.15, 0.2) is 0 Å². The highest BCUT2D eigenvalue weighted by atomic mass is 16.6. The average molecular weight is 268 g/mol. The lowest BCUT2D eigenvalue weighted by atomic mass is 9.61.